The zero-order chi connectivity index (χ0) is 15.2. The number of hydrogen-bond acceptors (Lipinski definition) is 3. The highest BCUT2D eigenvalue weighted by Crippen LogP contribution is 2.31. The largest absolute Gasteiger partial charge is 0.493 e. The molecule has 2 atom stereocenters. The summed E-state index contributed by atoms with van der Waals surface area (Å²) in [6.45, 7) is 2.59. The van der Waals surface area contributed by atoms with E-state index < -0.39 is 6.10 Å². The number of urea groups is 1. The topological polar surface area (TPSA) is 70.6 Å². The molecule has 0 aromatic heterocycles. The van der Waals surface area contributed by atoms with Crippen LogP contribution < -0.4 is 15.4 Å². The molecule has 3 N–H and O–H groups in total. The van der Waals surface area contributed by atoms with Crippen molar-refractivity contribution < 1.29 is 19.0 Å². The Hall–Kier alpha value is -1.82. The number of halogens is 1. The third-order valence-electron chi connectivity index (χ3n) is 3.40. The van der Waals surface area contributed by atoms with Crippen LogP contribution in [0.3, 0.4) is 0 Å². The average molecular weight is 296 g/mol. The van der Waals surface area contributed by atoms with Crippen LogP contribution in [-0.4, -0.2) is 30.4 Å². The fourth-order valence-electron chi connectivity index (χ4n) is 2.30. The Kier molecular flexibility index (Phi) is 5.38. The minimum atomic E-state index is -0.444. The summed E-state index contributed by atoms with van der Waals surface area (Å²) in [5.41, 5.74) is 0.791. The van der Waals surface area contributed by atoms with Crippen molar-refractivity contribution in [2.24, 2.45) is 0 Å². The molecule has 2 unspecified atom stereocenters. The Bertz CT molecular complexity index is 494. The van der Waals surface area contributed by atoms with E-state index in [0.717, 1.165) is 18.4 Å². The number of rotatable bonds is 4. The number of hydrogen-bond donors (Lipinski definition) is 3. The molecule has 1 aromatic rings. The van der Waals surface area contributed by atoms with Crippen LogP contribution in [0.2, 0.25) is 0 Å². The Morgan fingerprint density at radius 1 is 1.57 bits per heavy atom. The maximum absolute atomic E-state index is 13.3. The fraction of sp³-hybridized carbons (Fsp3) is 0.533. The molecule has 0 bridgehead atoms. The van der Waals surface area contributed by atoms with Gasteiger partial charge >= 0.3 is 6.03 Å². The van der Waals surface area contributed by atoms with E-state index >= 15 is 0 Å². The molecular formula is C15H21FN2O3. The van der Waals surface area contributed by atoms with E-state index in [9.17, 15) is 9.18 Å². The predicted molar refractivity (Wildman–Crippen MR) is 76.7 cm³/mol. The van der Waals surface area contributed by atoms with Crippen LogP contribution in [0.25, 0.3) is 0 Å². The van der Waals surface area contributed by atoms with E-state index in [-0.39, 0.29) is 17.9 Å². The van der Waals surface area contributed by atoms with Gasteiger partial charge in [-0.2, -0.15) is 0 Å². The Balaban J connectivity index is 1.98. The third kappa shape index (κ3) is 4.60. The van der Waals surface area contributed by atoms with Crippen LogP contribution in [0.15, 0.2) is 18.2 Å². The van der Waals surface area contributed by atoms with Crippen molar-refractivity contribution in [3.63, 3.8) is 0 Å². The standard InChI is InChI=1S/C15H21FN2O3/c1-10(19)6-7-17-15(20)18-13-3-2-8-21-14-9-11(16)4-5-12(13)14/h4-5,9-10,13,19H,2-3,6-8H2,1H3,(H2,17,18,20). The van der Waals surface area contributed by atoms with Crippen LogP contribution in [0.1, 0.15) is 37.8 Å². The van der Waals surface area contributed by atoms with Crippen molar-refractivity contribution in [1.29, 1.82) is 0 Å². The molecule has 6 heteroatoms. The molecule has 0 fully saturated rings. The van der Waals surface area contributed by atoms with E-state index in [0.29, 0.717) is 25.3 Å². The summed E-state index contributed by atoms with van der Waals surface area (Å²) >= 11 is 0. The van der Waals surface area contributed by atoms with Gasteiger partial charge in [-0.05, 0) is 32.3 Å². The van der Waals surface area contributed by atoms with Crippen LogP contribution >= 0.6 is 0 Å². The number of fused-ring (bicyclic) bond motifs is 1. The third-order valence-corrected chi connectivity index (χ3v) is 3.40. The molecule has 1 aliphatic rings. The summed E-state index contributed by atoms with van der Waals surface area (Å²) < 4.78 is 18.8. The minimum Gasteiger partial charge on any atom is -0.493 e. The lowest BCUT2D eigenvalue weighted by atomic mass is 10.0. The highest BCUT2D eigenvalue weighted by Gasteiger charge is 2.21. The predicted octanol–water partition coefficient (Wildman–Crippen LogP) is 2.11. The highest BCUT2D eigenvalue weighted by atomic mass is 19.1. The molecule has 0 radical (unpaired) electrons. The molecular weight excluding hydrogens is 275 g/mol. The number of aliphatic hydroxyl groups excluding tert-OH is 1. The molecule has 0 saturated carbocycles. The van der Waals surface area contributed by atoms with Crippen molar-refractivity contribution in [2.45, 2.75) is 38.3 Å². The summed E-state index contributed by atoms with van der Waals surface area (Å²) in [4.78, 5) is 11.9. The molecule has 0 spiro atoms. The number of carbonyl (C=O) groups excluding carboxylic acids is 1. The van der Waals surface area contributed by atoms with Gasteiger partial charge in [0.05, 0.1) is 18.8 Å². The van der Waals surface area contributed by atoms with Gasteiger partial charge in [-0.3, -0.25) is 0 Å². The number of ether oxygens (including phenoxy) is 1. The van der Waals surface area contributed by atoms with Gasteiger partial charge in [-0.15, -0.1) is 0 Å². The van der Waals surface area contributed by atoms with Crippen molar-refractivity contribution in [1.82, 2.24) is 10.6 Å². The average Bonchev–Trinajstić information content (AvgIpc) is 2.60. The van der Waals surface area contributed by atoms with Crippen LogP contribution in [-0.2, 0) is 0 Å². The lowest BCUT2D eigenvalue weighted by Crippen LogP contribution is -2.39. The maximum atomic E-state index is 13.3. The molecule has 21 heavy (non-hydrogen) atoms. The zero-order valence-corrected chi connectivity index (χ0v) is 12.1. The van der Waals surface area contributed by atoms with Gasteiger partial charge in [0.15, 0.2) is 0 Å². The first-order valence-corrected chi connectivity index (χ1v) is 7.21. The molecule has 1 aromatic carbocycles. The SMILES string of the molecule is CC(O)CCNC(=O)NC1CCCOc2cc(F)ccc21. The van der Waals surface area contributed by atoms with Gasteiger partial charge in [0.25, 0.3) is 0 Å². The number of benzene rings is 1. The number of amides is 2. The normalized spacial score (nSPS) is 18.9. The summed E-state index contributed by atoms with van der Waals surface area (Å²) in [5, 5.41) is 14.7. The maximum Gasteiger partial charge on any atom is 0.315 e. The Labute approximate surface area is 123 Å². The zero-order valence-electron chi connectivity index (χ0n) is 12.1. The minimum absolute atomic E-state index is 0.199. The molecule has 1 heterocycles. The van der Waals surface area contributed by atoms with Gasteiger partial charge < -0.3 is 20.5 Å². The number of nitrogens with one attached hydrogen (secondary N) is 2. The molecule has 116 valence electrons. The van der Waals surface area contributed by atoms with Crippen molar-refractivity contribution >= 4 is 6.03 Å². The fourth-order valence-corrected chi connectivity index (χ4v) is 2.30. The molecule has 2 rings (SSSR count). The van der Waals surface area contributed by atoms with Crippen molar-refractivity contribution in [3.05, 3.63) is 29.6 Å². The molecule has 1 aliphatic heterocycles. The van der Waals surface area contributed by atoms with Gasteiger partial charge in [0.2, 0.25) is 0 Å². The molecule has 0 aliphatic carbocycles. The molecule has 0 saturated heterocycles. The number of aliphatic hydroxyl groups is 1. The summed E-state index contributed by atoms with van der Waals surface area (Å²) in [6, 6.07) is 3.87. The second-order valence-electron chi connectivity index (χ2n) is 5.26. The summed E-state index contributed by atoms with van der Waals surface area (Å²) in [6.07, 6.45) is 1.58. The Morgan fingerprint density at radius 3 is 3.14 bits per heavy atom. The smallest absolute Gasteiger partial charge is 0.315 e. The van der Waals surface area contributed by atoms with E-state index in [1.165, 1.54) is 12.1 Å². The second kappa shape index (κ2) is 7.26. The van der Waals surface area contributed by atoms with Gasteiger partial charge in [0.1, 0.15) is 11.6 Å². The van der Waals surface area contributed by atoms with Crippen LogP contribution in [0.4, 0.5) is 9.18 Å². The van der Waals surface area contributed by atoms with Gasteiger partial charge in [-0.25, -0.2) is 9.18 Å². The first-order chi connectivity index (χ1) is 10.1. The number of carbonyl (C=O) groups is 1. The highest BCUT2D eigenvalue weighted by molar-refractivity contribution is 5.74. The van der Waals surface area contributed by atoms with Crippen LogP contribution in [0.5, 0.6) is 5.75 Å². The monoisotopic (exact) mass is 296 g/mol. The van der Waals surface area contributed by atoms with E-state index in [4.69, 9.17) is 9.84 Å². The Morgan fingerprint density at radius 2 is 2.38 bits per heavy atom. The van der Waals surface area contributed by atoms with Crippen molar-refractivity contribution in [2.75, 3.05) is 13.2 Å². The van der Waals surface area contributed by atoms with E-state index in [1.54, 1.807) is 13.0 Å². The summed E-state index contributed by atoms with van der Waals surface area (Å²) in [5.74, 6) is 0.137. The van der Waals surface area contributed by atoms with E-state index in [2.05, 4.69) is 10.6 Å². The van der Waals surface area contributed by atoms with Crippen LogP contribution in [0, 0.1) is 5.82 Å². The lowest BCUT2D eigenvalue weighted by molar-refractivity contribution is 0.183. The summed E-state index contributed by atoms with van der Waals surface area (Å²) in [7, 11) is 0. The first-order valence-electron chi connectivity index (χ1n) is 7.21. The second-order valence-corrected chi connectivity index (χ2v) is 5.26. The van der Waals surface area contributed by atoms with Crippen molar-refractivity contribution in [3.8, 4) is 5.75 Å². The van der Waals surface area contributed by atoms with E-state index in [1.807, 2.05) is 0 Å². The quantitative estimate of drug-likeness (QED) is 0.797. The van der Waals surface area contributed by atoms with Gasteiger partial charge in [0, 0.05) is 18.2 Å². The lowest BCUT2D eigenvalue weighted by Gasteiger charge is -2.19. The van der Waals surface area contributed by atoms with Gasteiger partial charge in [-0.1, -0.05) is 6.07 Å². The first kappa shape index (κ1) is 15.6. The molecule has 2 amide bonds. The molecule has 5 nitrogen and oxygen atoms in total.